The van der Waals surface area contributed by atoms with Gasteiger partial charge in [0.1, 0.15) is 23.9 Å². The normalized spacial score (nSPS) is 11.4. The predicted octanol–water partition coefficient (Wildman–Crippen LogP) is 1.34. The third-order valence-electron chi connectivity index (χ3n) is 2.80. The Labute approximate surface area is 140 Å². The van der Waals surface area contributed by atoms with Gasteiger partial charge in [0.05, 0.1) is 6.20 Å². The molecule has 10 heteroatoms. The van der Waals surface area contributed by atoms with Crippen LogP contribution >= 0.6 is 15.9 Å². The number of aryl methyl sites for hydroxylation is 1. The van der Waals surface area contributed by atoms with Gasteiger partial charge in [-0.2, -0.15) is 9.82 Å². The summed E-state index contributed by atoms with van der Waals surface area (Å²) in [5, 5.41) is 3.74. The maximum atomic E-state index is 13.6. The lowest BCUT2D eigenvalue weighted by molar-refractivity contribution is -0.143. The highest BCUT2D eigenvalue weighted by molar-refractivity contribution is 9.10. The first kappa shape index (κ1) is 17.6. The fraction of sp³-hybridized carbons (Fsp3) is 0.231. The molecule has 23 heavy (non-hydrogen) atoms. The lowest BCUT2D eigenvalue weighted by Crippen LogP contribution is -2.30. The number of carbonyl (C=O) groups excluding carboxylic acids is 1. The number of hydrogen-bond acceptors (Lipinski definition) is 5. The minimum absolute atomic E-state index is 0.0632. The van der Waals surface area contributed by atoms with Crippen molar-refractivity contribution in [2.75, 3.05) is 6.54 Å². The Morgan fingerprint density at radius 2 is 2.22 bits per heavy atom. The summed E-state index contributed by atoms with van der Waals surface area (Å²) in [6, 6.07) is 4.32. The Morgan fingerprint density at radius 1 is 1.48 bits per heavy atom. The zero-order valence-electron chi connectivity index (χ0n) is 12.0. The van der Waals surface area contributed by atoms with Crippen LogP contribution in [0.15, 0.2) is 40.0 Å². The Balaban J connectivity index is 1.88. The van der Waals surface area contributed by atoms with Gasteiger partial charge in [0.25, 0.3) is 0 Å². The first-order chi connectivity index (χ1) is 10.8. The Hall–Kier alpha value is -1.78. The third kappa shape index (κ3) is 4.85. The fourth-order valence-corrected chi connectivity index (χ4v) is 2.91. The summed E-state index contributed by atoms with van der Waals surface area (Å²) < 4.78 is 46.1. The molecule has 0 atom stereocenters. The zero-order chi connectivity index (χ0) is 17.0. The molecule has 0 aliphatic rings. The summed E-state index contributed by atoms with van der Waals surface area (Å²) in [5.41, 5.74) is 0.191. The van der Waals surface area contributed by atoms with E-state index in [1.807, 2.05) is 0 Å². The Bertz CT molecular complexity index is 822. The largest absolute Gasteiger partial charge is 0.460 e. The van der Waals surface area contributed by atoms with Crippen LogP contribution in [0.1, 0.15) is 5.56 Å². The molecule has 0 radical (unpaired) electrons. The molecule has 0 fully saturated rings. The van der Waals surface area contributed by atoms with Crippen molar-refractivity contribution in [2.24, 2.45) is 7.05 Å². The maximum Gasteiger partial charge on any atom is 0.321 e. The molecule has 1 aromatic carbocycles. The number of carbonyl (C=O) groups is 1. The molecule has 0 aliphatic heterocycles. The topological polar surface area (TPSA) is 90.3 Å². The quantitative estimate of drug-likeness (QED) is 0.732. The van der Waals surface area contributed by atoms with Gasteiger partial charge >= 0.3 is 5.97 Å². The number of nitrogens with one attached hydrogen (secondary N) is 1. The molecule has 0 aliphatic carbocycles. The lowest BCUT2D eigenvalue weighted by atomic mass is 10.2. The number of halogens is 2. The number of sulfonamides is 1. The van der Waals surface area contributed by atoms with Crippen molar-refractivity contribution < 1.29 is 22.3 Å². The number of rotatable bonds is 6. The number of nitrogens with zero attached hydrogens (tertiary/aromatic N) is 2. The van der Waals surface area contributed by atoms with Crippen LogP contribution in [0.3, 0.4) is 0 Å². The molecule has 124 valence electrons. The molecule has 7 nitrogen and oxygen atoms in total. The molecule has 1 aromatic heterocycles. The fourth-order valence-electron chi connectivity index (χ4n) is 1.62. The predicted molar refractivity (Wildman–Crippen MR) is 82.3 cm³/mol. The third-order valence-corrected chi connectivity index (χ3v) is 4.65. The van der Waals surface area contributed by atoms with Gasteiger partial charge < -0.3 is 4.74 Å². The molecule has 0 unspecified atom stereocenters. The highest BCUT2D eigenvalue weighted by Gasteiger charge is 2.18. The lowest BCUT2D eigenvalue weighted by Gasteiger charge is -2.07. The molecule has 2 rings (SSSR count). The van der Waals surface area contributed by atoms with Crippen LogP contribution in [0.25, 0.3) is 0 Å². The van der Waals surface area contributed by atoms with Crippen molar-refractivity contribution in [3.63, 3.8) is 0 Å². The van der Waals surface area contributed by atoms with Crippen LogP contribution in [0.5, 0.6) is 0 Å². The monoisotopic (exact) mass is 405 g/mol. The average Bonchev–Trinajstić information content (AvgIpc) is 2.92. The number of benzene rings is 1. The Kier molecular flexibility index (Phi) is 5.50. The number of esters is 1. The summed E-state index contributed by atoms with van der Waals surface area (Å²) in [7, 11) is -2.28. The second-order valence-electron chi connectivity index (χ2n) is 4.57. The minimum atomic E-state index is -3.85. The molecular weight excluding hydrogens is 393 g/mol. The van der Waals surface area contributed by atoms with Crippen LogP contribution in [0, 0.1) is 5.82 Å². The van der Waals surface area contributed by atoms with Gasteiger partial charge in [0, 0.05) is 23.3 Å². The highest BCUT2D eigenvalue weighted by Crippen LogP contribution is 2.16. The van der Waals surface area contributed by atoms with Gasteiger partial charge in [-0.1, -0.05) is 22.0 Å². The van der Waals surface area contributed by atoms with Crippen molar-refractivity contribution in [3.8, 4) is 0 Å². The Morgan fingerprint density at radius 3 is 2.83 bits per heavy atom. The van der Waals surface area contributed by atoms with Crippen molar-refractivity contribution in [3.05, 3.63) is 46.4 Å². The van der Waals surface area contributed by atoms with Crippen molar-refractivity contribution >= 4 is 31.9 Å². The molecule has 2 aromatic rings. The first-order valence-electron chi connectivity index (χ1n) is 6.36. The summed E-state index contributed by atoms with van der Waals surface area (Å²) in [4.78, 5) is 11.5. The van der Waals surface area contributed by atoms with Gasteiger partial charge in [0.2, 0.25) is 10.0 Å². The van der Waals surface area contributed by atoms with Crippen LogP contribution in [0.2, 0.25) is 0 Å². The summed E-state index contributed by atoms with van der Waals surface area (Å²) in [6.45, 7) is -0.845. The van der Waals surface area contributed by atoms with E-state index in [4.69, 9.17) is 4.74 Å². The van der Waals surface area contributed by atoms with Crippen molar-refractivity contribution in [1.82, 2.24) is 14.5 Å². The van der Waals surface area contributed by atoms with Crippen molar-refractivity contribution in [2.45, 2.75) is 11.5 Å². The SMILES string of the molecule is Cn1cc(S(=O)(=O)NCC(=O)OCc2ccc(Br)cc2F)cn1. The van der Waals surface area contributed by atoms with E-state index in [1.54, 1.807) is 13.1 Å². The summed E-state index contributed by atoms with van der Waals surface area (Å²) in [5.74, 6) is -1.34. The molecular formula is C13H13BrFN3O4S. The van der Waals surface area contributed by atoms with E-state index in [-0.39, 0.29) is 17.1 Å². The van der Waals surface area contributed by atoms with E-state index in [0.717, 1.165) is 6.20 Å². The van der Waals surface area contributed by atoms with Gasteiger partial charge in [-0.05, 0) is 12.1 Å². The van der Waals surface area contributed by atoms with Crippen molar-refractivity contribution in [1.29, 1.82) is 0 Å². The van der Waals surface area contributed by atoms with Crippen LogP contribution < -0.4 is 4.72 Å². The molecule has 0 saturated heterocycles. The molecule has 0 amide bonds. The van der Waals surface area contributed by atoms with E-state index < -0.39 is 28.4 Å². The molecule has 0 spiro atoms. The molecule has 1 heterocycles. The second kappa shape index (κ2) is 7.20. The maximum absolute atomic E-state index is 13.6. The van der Waals surface area contributed by atoms with Gasteiger partial charge in [-0.15, -0.1) is 0 Å². The van der Waals surface area contributed by atoms with Crippen LogP contribution in [-0.2, 0) is 33.2 Å². The first-order valence-corrected chi connectivity index (χ1v) is 8.63. The zero-order valence-corrected chi connectivity index (χ0v) is 14.4. The number of aromatic nitrogens is 2. The van der Waals surface area contributed by atoms with E-state index >= 15 is 0 Å². The summed E-state index contributed by atoms with van der Waals surface area (Å²) >= 11 is 3.12. The highest BCUT2D eigenvalue weighted by atomic mass is 79.9. The summed E-state index contributed by atoms with van der Waals surface area (Å²) in [6.07, 6.45) is 2.45. The standard InChI is InChI=1S/C13H13BrFN3O4S/c1-18-7-11(5-16-18)23(20,21)17-6-13(19)22-8-9-2-3-10(14)4-12(9)15/h2-5,7,17H,6,8H2,1H3. The van der Waals surface area contributed by atoms with E-state index in [9.17, 15) is 17.6 Å². The van der Waals surface area contributed by atoms with E-state index in [1.165, 1.54) is 23.0 Å². The van der Waals surface area contributed by atoms with E-state index in [2.05, 4.69) is 25.8 Å². The molecule has 0 saturated carbocycles. The molecule has 0 bridgehead atoms. The van der Waals surface area contributed by atoms with Crippen LogP contribution in [0.4, 0.5) is 4.39 Å². The van der Waals surface area contributed by atoms with Crippen LogP contribution in [-0.4, -0.2) is 30.7 Å². The molecule has 1 N–H and O–H groups in total. The average molecular weight is 406 g/mol. The number of ether oxygens (including phenoxy) is 1. The van der Waals surface area contributed by atoms with E-state index in [0.29, 0.717) is 4.47 Å². The smallest absolute Gasteiger partial charge is 0.321 e. The number of hydrogen-bond donors (Lipinski definition) is 1. The van der Waals surface area contributed by atoms with Gasteiger partial charge in [0.15, 0.2) is 0 Å². The van der Waals surface area contributed by atoms with Gasteiger partial charge in [-0.25, -0.2) is 12.8 Å². The second-order valence-corrected chi connectivity index (χ2v) is 7.25. The minimum Gasteiger partial charge on any atom is -0.460 e. The van der Waals surface area contributed by atoms with Gasteiger partial charge in [-0.3, -0.25) is 9.48 Å².